The fourth-order valence-corrected chi connectivity index (χ4v) is 3.35. The highest BCUT2D eigenvalue weighted by molar-refractivity contribution is 7.80. The lowest BCUT2D eigenvalue weighted by atomic mass is 10.1. The first kappa shape index (κ1) is 21.5. The molecule has 3 rings (SSSR count). The predicted molar refractivity (Wildman–Crippen MR) is 124 cm³/mol. The Kier molecular flexibility index (Phi) is 7.51. The number of ether oxygens (including phenoxy) is 3. The second kappa shape index (κ2) is 10.5. The van der Waals surface area contributed by atoms with E-state index >= 15 is 0 Å². The minimum absolute atomic E-state index is 0.616. The molecule has 3 aromatic rings. The van der Waals surface area contributed by atoms with Crippen molar-refractivity contribution >= 4 is 23.0 Å². The number of benzene rings is 3. The van der Waals surface area contributed by atoms with Gasteiger partial charge in [0.1, 0.15) is 5.75 Å². The largest absolute Gasteiger partial charge is 0.497 e. The van der Waals surface area contributed by atoms with E-state index in [1.54, 1.807) is 21.3 Å². The maximum Gasteiger partial charge on any atom is 0.174 e. The first-order valence-corrected chi connectivity index (χ1v) is 9.98. The Morgan fingerprint density at radius 2 is 1.50 bits per heavy atom. The van der Waals surface area contributed by atoms with Crippen molar-refractivity contribution < 1.29 is 14.2 Å². The number of hydrogen-bond acceptors (Lipinski definition) is 4. The zero-order valence-corrected chi connectivity index (χ0v) is 18.2. The van der Waals surface area contributed by atoms with Gasteiger partial charge in [-0.1, -0.05) is 42.5 Å². The summed E-state index contributed by atoms with van der Waals surface area (Å²) < 4.78 is 16.1. The minimum Gasteiger partial charge on any atom is -0.497 e. The van der Waals surface area contributed by atoms with Gasteiger partial charge in [-0.25, -0.2) is 0 Å². The summed E-state index contributed by atoms with van der Waals surface area (Å²) in [5.74, 6) is 2.17. The lowest BCUT2D eigenvalue weighted by Crippen LogP contribution is -2.33. The zero-order chi connectivity index (χ0) is 21.3. The smallest absolute Gasteiger partial charge is 0.174 e. The topological polar surface area (TPSA) is 43.0 Å². The maximum absolute atomic E-state index is 5.76. The molecule has 0 heterocycles. The quantitative estimate of drug-likeness (QED) is 0.509. The first-order chi connectivity index (χ1) is 14.6. The predicted octanol–water partition coefficient (Wildman–Crippen LogP) is 5.11. The molecule has 0 amide bonds. The summed E-state index contributed by atoms with van der Waals surface area (Å²) in [6.07, 6.45) is 0. The monoisotopic (exact) mass is 422 g/mol. The van der Waals surface area contributed by atoms with E-state index in [0.29, 0.717) is 29.7 Å². The Bertz CT molecular complexity index is 979. The third-order valence-corrected chi connectivity index (χ3v) is 5.01. The third-order valence-electron chi connectivity index (χ3n) is 4.65. The molecule has 0 aliphatic rings. The highest BCUT2D eigenvalue weighted by Crippen LogP contribution is 2.28. The highest BCUT2D eigenvalue weighted by Gasteiger charge is 2.14. The second-order valence-corrected chi connectivity index (χ2v) is 7.08. The lowest BCUT2D eigenvalue weighted by Gasteiger charge is -2.26. The molecular weight excluding hydrogens is 396 g/mol. The molecule has 0 spiro atoms. The summed E-state index contributed by atoms with van der Waals surface area (Å²) in [5.41, 5.74) is 3.12. The molecule has 0 aliphatic heterocycles. The van der Waals surface area contributed by atoms with E-state index in [0.717, 1.165) is 17.0 Å². The van der Waals surface area contributed by atoms with E-state index in [-0.39, 0.29) is 0 Å². The van der Waals surface area contributed by atoms with Gasteiger partial charge in [-0.05, 0) is 47.6 Å². The lowest BCUT2D eigenvalue weighted by molar-refractivity contribution is 0.352. The molecule has 1 N–H and O–H groups in total. The number of methoxy groups -OCH3 is 3. The van der Waals surface area contributed by atoms with Crippen LogP contribution in [0.3, 0.4) is 0 Å². The Hall–Kier alpha value is -3.25. The van der Waals surface area contributed by atoms with Crippen LogP contribution in [0.4, 0.5) is 5.69 Å². The molecular formula is C24H26N2O3S. The molecule has 30 heavy (non-hydrogen) atoms. The summed E-state index contributed by atoms with van der Waals surface area (Å²) in [7, 11) is 4.92. The molecule has 6 heteroatoms. The molecule has 0 fully saturated rings. The standard InChI is InChI=1S/C24H26N2O3S/c1-27-21-11-7-10-20(15-21)25-24(30)26(16-18-8-5-4-6-9-18)17-19-12-13-22(28-2)23(14-19)29-3/h4-15H,16-17H2,1-3H3,(H,25,30). The van der Waals surface area contributed by atoms with Crippen LogP contribution in [0.5, 0.6) is 17.2 Å². The summed E-state index contributed by atoms with van der Waals surface area (Å²) >= 11 is 5.76. The average Bonchev–Trinajstić information content (AvgIpc) is 2.79. The van der Waals surface area contributed by atoms with Crippen LogP contribution in [0.2, 0.25) is 0 Å². The molecule has 0 aromatic heterocycles. The van der Waals surface area contributed by atoms with Gasteiger partial charge in [-0.2, -0.15) is 0 Å². The van der Waals surface area contributed by atoms with Gasteiger partial charge < -0.3 is 24.4 Å². The van der Waals surface area contributed by atoms with Gasteiger partial charge in [-0.15, -0.1) is 0 Å². The second-order valence-electron chi connectivity index (χ2n) is 6.69. The van der Waals surface area contributed by atoms with Crippen molar-refractivity contribution in [2.24, 2.45) is 0 Å². The number of hydrogen-bond donors (Lipinski definition) is 1. The van der Waals surface area contributed by atoms with E-state index < -0.39 is 0 Å². The van der Waals surface area contributed by atoms with Crippen LogP contribution in [0, 0.1) is 0 Å². The van der Waals surface area contributed by atoms with Crippen molar-refractivity contribution in [3.05, 3.63) is 83.9 Å². The summed E-state index contributed by atoms with van der Waals surface area (Å²) in [6.45, 7) is 1.29. The van der Waals surface area contributed by atoms with Crippen molar-refractivity contribution in [3.63, 3.8) is 0 Å². The zero-order valence-electron chi connectivity index (χ0n) is 17.4. The Morgan fingerprint density at radius 3 is 2.20 bits per heavy atom. The number of nitrogens with one attached hydrogen (secondary N) is 1. The van der Waals surface area contributed by atoms with Crippen LogP contribution >= 0.6 is 12.2 Å². The van der Waals surface area contributed by atoms with Crippen LogP contribution in [0.1, 0.15) is 11.1 Å². The van der Waals surface area contributed by atoms with Gasteiger partial charge in [0.25, 0.3) is 0 Å². The molecule has 156 valence electrons. The first-order valence-electron chi connectivity index (χ1n) is 9.57. The van der Waals surface area contributed by atoms with Crippen molar-refractivity contribution in [2.45, 2.75) is 13.1 Å². The Balaban J connectivity index is 1.83. The molecule has 0 bridgehead atoms. The summed E-state index contributed by atoms with van der Waals surface area (Å²) in [5, 5.41) is 3.96. The molecule has 0 saturated heterocycles. The Labute approximate surface area is 183 Å². The molecule has 0 aliphatic carbocycles. The van der Waals surface area contributed by atoms with E-state index in [4.69, 9.17) is 26.4 Å². The number of thiocarbonyl (C=S) groups is 1. The van der Waals surface area contributed by atoms with Crippen LogP contribution in [0.25, 0.3) is 0 Å². The number of rotatable bonds is 8. The van der Waals surface area contributed by atoms with Crippen molar-refractivity contribution in [3.8, 4) is 17.2 Å². The van der Waals surface area contributed by atoms with Crippen molar-refractivity contribution in [1.29, 1.82) is 0 Å². The van der Waals surface area contributed by atoms with Gasteiger partial charge in [0.05, 0.1) is 21.3 Å². The normalized spacial score (nSPS) is 10.2. The fraction of sp³-hybridized carbons (Fsp3) is 0.208. The molecule has 0 saturated carbocycles. The van der Waals surface area contributed by atoms with Crippen LogP contribution in [-0.4, -0.2) is 31.3 Å². The fourth-order valence-electron chi connectivity index (χ4n) is 3.11. The van der Waals surface area contributed by atoms with Gasteiger partial charge in [0.2, 0.25) is 0 Å². The van der Waals surface area contributed by atoms with Crippen molar-refractivity contribution in [1.82, 2.24) is 4.90 Å². The summed E-state index contributed by atoms with van der Waals surface area (Å²) in [4.78, 5) is 2.12. The molecule has 0 atom stereocenters. The van der Waals surface area contributed by atoms with Crippen LogP contribution < -0.4 is 19.5 Å². The van der Waals surface area contributed by atoms with E-state index in [1.807, 2.05) is 60.7 Å². The van der Waals surface area contributed by atoms with Crippen LogP contribution in [0.15, 0.2) is 72.8 Å². The minimum atomic E-state index is 0.616. The third kappa shape index (κ3) is 5.64. The SMILES string of the molecule is COc1cccc(NC(=S)N(Cc2ccccc2)Cc2ccc(OC)c(OC)c2)c1. The molecule has 3 aromatic carbocycles. The van der Waals surface area contributed by atoms with E-state index in [9.17, 15) is 0 Å². The molecule has 0 unspecified atom stereocenters. The van der Waals surface area contributed by atoms with Gasteiger partial charge in [0, 0.05) is 24.8 Å². The maximum atomic E-state index is 5.76. The summed E-state index contributed by atoms with van der Waals surface area (Å²) in [6, 6.07) is 23.9. The van der Waals surface area contributed by atoms with Crippen molar-refractivity contribution in [2.75, 3.05) is 26.6 Å². The molecule has 0 radical (unpaired) electrons. The van der Waals surface area contributed by atoms with Gasteiger partial charge in [0.15, 0.2) is 16.6 Å². The van der Waals surface area contributed by atoms with Gasteiger partial charge >= 0.3 is 0 Å². The average molecular weight is 423 g/mol. The highest BCUT2D eigenvalue weighted by atomic mass is 32.1. The van der Waals surface area contributed by atoms with E-state index in [2.05, 4.69) is 22.3 Å². The molecule has 5 nitrogen and oxygen atoms in total. The van der Waals surface area contributed by atoms with Crippen LogP contribution in [-0.2, 0) is 13.1 Å². The Morgan fingerprint density at radius 1 is 0.767 bits per heavy atom. The van der Waals surface area contributed by atoms with Gasteiger partial charge in [-0.3, -0.25) is 0 Å². The number of nitrogens with zero attached hydrogens (tertiary/aromatic N) is 1. The van der Waals surface area contributed by atoms with E-state index in [1.165, 1.54) is 5.56 Å². The number of anilines is 1.